The normalized spacial score (nSPS) is 32.4. The zero-order chi connectivity index (χ0) is 43.4. The number of allylic oxidation sites excluding steroid dienone is 1. The summed E-state index contributed by atoms with van der Waals surface area (Å²) in [7, 11) is -3.31. The molecule has 0 aromatic carbocycles. The Morgan fingerprint density at radius 2 is 1.07 bits per heavy atom. The molecule has 7 nitrogen and oxygen atoms in total. The predicted molar refractivity (Wildman–Crippen MR) is 248 cm³/mol. The van der Waals surface area contributed by atoms with Crippen molar-refractivity contribution in [2.45, 2.75) is 257 Å². The summed E-state index contributed by atoms with van der Waals surface area (Å²) in [6, 6.07) is 0. The first kappa shape index (κ1) is 52.2. The molecule has 4 aliphatic heterocycles. The number of aliphatic hydroxyl groups is 1. The summed E-state index contributed by atoms with van der Waals surface area (Å²) < 4.78 is 39.3. The van der Waals surface area contributed by atoms with Gasteiger partial charge in [-0.15, -0.1) is 6.58 Å². The predicted octanol–water partition coefficient (Wildman–Crippen LogP) is 13.7. The molecule has 9 heteroatoms. The van der Waals surface area contributed by atoms with Crippen LogP contribution in [-0.4, -0.2) is 77.6 Å². The number of ether oxygens (including phenoxy) is 4. The van der Waals surface area contributed by atoms with E-state index in [1.54, 1.807) is 0 Å². The van der Waals surface area contributed by atoms with E-state index in [1.165, 1.54) is 32.1 Å². The average molecular weight is 853 g/mol. The maximum absolute atomic E-state index is 9.29. The van der Waals surface area contributed by atoms with Gasteiger partial charge < -0.3 is 32.9 Å². The lowest BCUT2D eigenvalue weighted by molar-refractivity contribution is -0.325. The van der Waals surface area contributed by atoms with E-state index in [0.29, 0.717) is 35.9 Å². The van der Waals surface area contributed by atoms with Crippen molar-refractivity contribution in [1.82, 2.24) is 0 Å². The quantitative estimate of drug-likeness (QED) is 0.0836. The summed E-state index contributed by atoms with van der Waals surface area (Å²) in [5.74, 6) is 1.45. The van der Waals surface area contributed by atoms with E-state index in [1.807, 2.05) is 0 Å². The van der Waals surface area contributed by atoms with Crippen LogP contribution in [0.15, 0.2) is 12.7 Å². The van der Waals surface area contributed by atoms with Crippen LogP contribution in [0.2, 0.25) is 36.3 Å². The Labute approximate surface area is 361 Å². The first-order chi connectivity index (χ1) is 27.0. The van der Waals surface area contributed by atoms with Gasteiger partial charge in [-0.3, -0.25) is 0 Å². The standard InChI is InChI=1S/C25H48O3Si.C24H48O4Si/c1-9-20(2)14-15-22-12-10-17-25(27-22)18-16-21(3)23(28-25)13-11-19-26-29(7,8)24(4,5)6;1-19(18-25)12-13-21-10-8-15-24(27-21)16-14-20(2)22(28-24)11-9-17-26-29(6,7)23(3,4)5/h9,20-23H,1,10-19H2,2-8H3;19-22,25H,8-18H2,1-7H3/t20-,21?,22+,23-,25+;19-,20?,21-,22+,24-/m10/s1. The van der Waals surface area contributed by atoms with Crippen LogP contribution in [0.3, 0.4) is 0 Å². The molecule has 10 atom stereocenters. The lowest BCUT2D eigenvalue weighted by Gasteiger charge is -2.48. The van der Waals surface area contributed by atoms with Gasteiger partial charge in [0.2, 0.25) is 0 Å². The smallest absolute Gasteiger partial charge is 0.191 e. The van der Waals surface area contributed by atoms with Crippen LogP contribution in [-0.2, 0) is 27.8 Å². The molecule has 4 aliphatic rings. The zero-order valence-electron chi connectivity index (χ0n) is 40.6. The fourth-order valence-corrected chi connectivity index (χ4v) is 10.8. The maximum Gasteiger partial charge on any atom is 0.191 e. The van der Waals surface area contributed by atoms with Crippen molar-refractivity contribution >= 4 is 16.6 Å². The molecule has 0 radical (unpaired) electrons. The second-order valence-electron chi connectivity index (χ2n) is 22.6. The number of rotatable bonds is 18. The van der Waals surface area contributed by atoms with E-state index < -0.39 is 16.6 Å². The van der Waals surface area contributed by atoms with Gasteiger partial charge in [0, 0.05) is 45.5 Å². The summed E-state index contributed by atoms with van der Waals surface area (Å²) >= 11 is 0. The van der Waals surface area contributed by atoms with Gasteiger partial charge in [0.1, 0.15) is 0 Å². The topological polar surface area (TPSA) is 75.6 Å². The van der Waals surface area contributed by atoms with Crippen molar-refractivity contribution in [3.05, 3.63) is 12.7 Å². The summed E-state index contributed by atoms with van der Waals surface area (Å²) in [5.41, 5.74) is 0. The molecule has 1 N–H and O–H groups in total. The van der Waals surface area contributed by atoms with E-state index in [0.717, 1.165) is 96.7 Å². The molecule has 0 aromatic rings. The van der Waals surface area contributed by atoms with Gasteiger partial charge in [-0.1, -0.05) is 75.3 Å². The van der Waals surface area contributed by atoms with Gasteiger partial charge in [-0.2, -0.15) is 0 Å². The molecule has 4 heterocycles. The average Bonchev–Trinajstić information content (AvgIpc) is 3.15. The minimum atomic E-state index is -1.66. The zero-order valence-corrected chi connectivity index (χ0v) is 42.6. The third-order valence-electron chi connectivity index (χ3n) is 15.3. The molecule has 0 saturated carbocycles. The maximum atomic E-state index is 9.29. The Morgan fingerprint density at radius 3 is 1.45 bits per heavy atom. The van der Waals surface area contributed by atoms with Crippen LogP contribution in [0.4, 0.5) is 0 Å². The van der Waals surface area contributed by atoms with Crippen molar-refractivity contribution in [2.75, 3.05) is 19.8 Å². The fourth-order valence-electron chi connectivity index (χ4n) is 8.63. The third kappa shape index (κ3) is 16.2. The molecule has 342 valence electrons. The van der Waals surface area contributed by atoms with Gasteiger partial charge in [-0.05, 0) is 150 Å². The Morgan fingerprint density at radius 1 is 0.655 bits per heavy atom. The summed E-state index contributed by atoms with van der Waals surface area (Å²) in [4.78, 5) is 0. The monoisotopic (exact) mass is 853 g/mol. The van der Waals surface area contributed by atoms with Crippen LogP contribution in [0.25, 0.3) is 0 Å². The van der Waals surface area contributed by atoms with E-state index in [4.69, 9.17) is 27.8 Å². The minimum Gasteiger partial charge on any atom is -0.417 e. The van der Waals surface area contributed by atoms with E-state index in [-0.39, 0.29) is 40.5 Å². The number of aliphatic hydroxyl groups excluding tert-OH is 1. The molecule has 4 saturated heterocycles. The van der Waals surface area contributed by atoms with Gasteiger partial charge in [0.25, 0.3) is 0 Å². The first-order valence-electron chi connectivity index (χ1n) is 24.2. The largest absolute Gasteiger partial charge is 0.417 e. The fraction of sp³-hybridized carbons (Fsp3) is 0.959. The van der Waals surface area contributed by atoms with Crippen molar-refractivity contribution in [1.29, 1.82) is 0 Å². The van der Waals surface area contributed by atoms with E-state index in [9.17, 15) is 5.11 Å². The Balaban J connectivity index is 0.000000310. The molecule has 2 unspecified atom stereocenters. The van der Waals surface area contributed by atoms with E-state index >= 15 is 0 Å². The second-order valence-corrected chi connectivity index (χ2v) is 32.2. The molecule has 2 spiro atoms. The highest BCUT2D eigenvalue weighted by Crippen LogP contribution is 2.45. The number of hydrogen-bond donors (Lipinski definition) is 1. The SMILES string of the molecule is C=C[C@@H](C)CC[C@@H]1CCC[C@]2(CCC(C)[C@@H](CCCO[Si](C)(C)C(C)(C)C)O2)O1.CC1CC[C@]2(CCC[C@@H](CC[C@H](C)CO)O2)O[C@@H]1CCCO[Si](C)(C)C(C)(C)C. The first-order valence-corrected chi connectivity index (χ1v) is 30.0. The van der Waals surface area contributed by atoms with Gasteiger partial charge >= 0.3 is 0 Å². The highest BCUT2D eigenvalue weighted by Gasteiger charge is 2.46. The molecule has 0 aromatic heterocycles. The van der Waals surface area contributed by atoms with Crippen molar-refractivity contribution in [3.63, 3.8) is 0 Å². The van der Waals surface area contributed by atoms with Crippen LogP contribution >= 0.6 is 0 Å². The van der Waals surface area contributed by atoms with Crippen molar-refractivity contribution in [3.8, 4) is 0 Å². The molecular weight excluding hydrogens is 757 g/mol. The van der Waals surface area contributed by atoms with Gasteiger partial charge in [0.05, 0.1) is 24.4 Å². The van der Waals surface area contributed by atoms with Crippen LogP contribution < -0.4 is 0 Å². The molecule has 4 fully saturated rings. The van der Waals surface area contributed by atoms with E-state index in [2.05, 4.69) is 108 Å². The molecular formula is C49H96O7Si2. The Hall–Kier alpha value is -0.106. The van der Waals surface area contributed by atoms with Crippen molar-refractivity contribution < 1.29 is 32.9 Å². The number of hydrogen-bond acceptors (Lipinski definition) is 7. The van der Waals surface area contributed by atoms with Crippen molar-refractivity contribution in [2.24, 2.45) is 23.7 Å². The highest BCUT2D eigenvalue weighted by molar-refractivity contribution is 6.74. The third-order valence-corrected chi connectivity index (χ3v) is 24.4. The Bertz CT molecular complexity index is 1180. The lowest BCUT2D eigenvalue weighted by atomic mass is 9.85. The molecule has 0 aliphatic carbocycles. The molecule has 0 bridgehead atoms. The lowest BCUT2D eigenvalue weighted by Crippen LogP contribution is -2.50. The summed E-state index contributed by atoms with van der Waals surface area (Å²) in [6.07, 6.45) is 23.2. The molecule has 4 rings (SSSR count). The Kier molecular flexibility index (Phi) is 20.7. The van der Waals surface area contributed by atoms with Crippen LogP contribution in [0, 0.1) is 23.7 Å². The molecule has 0 amide bonds. The van der Waals surface area contributed by atoms with Gasteiger partial charge in [-0.25, -0.2) is 0 Å². The van der Waals surface area contributed by atoms with Crippen LogP contribution in [0.1, 0.15) is 185 Å². The second kappa shape index (κ2) is 23.0. The minimum absolute atomic E-state index is 0.268. The van der Waals surface area contributed by atoms with Crippen LogP contribution in [0.5, 0.6) is 0 Å². The molecule has 58 heavy (non-hydrogen) atoms. The highest BCUT2D eigenvalue weighted by atomic mass is 28.4. The van der Waals surface area contributed by atoms with Gasteiger partial charge in [0.15, 0.2) is 28.2 Å². The summed E-state index contributed by atoms with van der Waals surface area (Å²) in [5, 5.41) is 9.84. The summed E-state index contributed by atoms with van der Waals surface area (Å²) in [6.45, 7) is 38.1.